The number of anilines is 1. The number of aromatic nitrogens is 3. The van der Waals surface area contributed by atoms with Crippen LogP contribution in [0.15, 0.2) is 24.7 Å². The molecule has 19 heavy (non-hydrogen) atoms. The van der Waals surface area contributed by atoms with Gasteiger partial charge in [-0.25, -0.2) is 15.0 Å². The van der Waals surface area contributed by atoms with Crippen LogP contribution in [0.2, 0.25) is 0 Å². The number of hydrogen-bond acceptors (Lipinski definition) is 6. The molecule has 0 saturated heterocycles. The minimum Gasteiger partial charge on any atom is -0.364 e. The topological polar surface area (TPSA) is 69.2 Å². The fraction of sp³-hybridized carbons (Fsp3) is 0.462. The third-order valence-electron chi connectivity index (χ3n) is 2.55. The second-order valence-electron chi connectivity index (χ2n) is 3.82. The van der Waals surface area contributed by atoms with Gasteiger partial charge in [0.1, 0.15) is 12.1 Å². The van der Waals surface area contributed by atoms with E-state index in [4.69, 9.17) is 9.47 Å². The van der Waals surface area contributed by atoms with Crippen molar-refractivity contribution in [2.24, 2.45) is 0 Å². The Morgan fingerprint density at radius 3 is 2.68 bits per heavy atom. The summed E-state index contributed by atoms with van der Waals surface area (Å²) in [5, 5.41) is 4.10. The van der Waals surface area contributed by atoms with E-state index in [1.807, 2.05) is 26.0 Å². The van der Waals surface area contributed by atoms with Gasteiger partial charge >= 0.3 is 0 Å². The van der Waals surface area contributed by atoms with E-state index in [0.29, 0.717) is 25.4 Å². The zero-order valence-electron chi connectivity index (χ0n) is 11.2. The van der Waals surface area contributed by atoms with Crippen molar-refractivity contribution in [3.05, 3.63) is 24.7 Å². The van der Waals surface area contributed by atoms with E-state index in [1.54, 1.807) is 6.20 Å². The maximum Gasteiger partial charge on any atom is 0.174 e. The van der Waals surface area contributed by atoms with E-state index in [2.05, 4.69) is 20.3 Å². The Bertz CT molecular complexity index is 509. The molecule has 0 aromatic carbocycles. The Labute approximate surface area is 112 Å². The van der Waals surface area contributed by atoms with Gasteiger partial charge in [0.05, 0.1) is 11.9 Å². The highest BCUT2D eigenvalue weighted by Crippen LogP contribution is 2.16. The van der Waals surface area contributed by atoms with Crippen LogP contribution in [0.3, 0.4) is 0 Å². The largest absolute Gasteiger partial charge is 0.364 e. The molecule has 2 aromatic rings. The molecule has 102 valence electrons. The van der Waals surface area contributed by atoms with Crippen LogP contribution >= 0.6 is 0 Å². The van der Waals surface area contributed by atoms with Crippen LogP contribution in [-0.2, 0) is 9.47 Å². The van der Waals surface area contributed by atoms with Crippen LogP contribution in [-0.4, -0.2) is 41.0 Å². The van der Waals surface area contributed by atoms with Crippen LogP contribution in [0.25, 0.3) is 11.0 Å². The molecular weight excluding hydrogens is 244 g/mol. The first kappa shape index (κ1) is 13.6. The van der Waals surface area contributed by atoms with E-state index >= 15 is 0 Å². The SMILES string of the molecule is CCOC(CNc1ncnc2ncccc12)OCC. The van der Waals surface area contributed by atoms with Crippen LogP contribution < -0.4 is 5.32 Å². The summed E-state index contributed by atoms with van der Waals surface area (Å²) in [5.41, 5.74) is 0.671. The van der Waals surface area contributed by atoms with E-state index in [0.717, 1.165) is 11.2 Å². The van der Waals surface area contributed by atoms with Crippen LogP contribution in [0.5, 0.6) is 0 Å². The Hall–Kier alpha value is -1.79. The molecule has 0 radical (unpaired) electrons. The minimum atomic E-state index is -0.281. The van der Waals surface area contributed by atoms with Gasteiger partial charge in [0.25, 0.3) is 0 Å². The van der Waals surface area contributed by atoms with Gasteiger partial charge in [-0.1, -0.05) is 0 Å². The normalized spacial score (nSPS) is 11.1. The standard InChI is InChI=1S/C13H18N4O2/c1-3-18-11(19-4-2)8-15-13-10-6-5-7-14-12(10)16-9-17-13/h5-7,9,11H,3-4,8H2,1-2H3,(H,14,15,16,17). The third-order valence-corrected chi connectivity index (χ3v) is 2.55. The zero-order valence-corrected chi connectivity index (χ0v) is 11.2. The number of nitrogens with one attached hydrogen (secondary N) is 1. The molecule has 6 nitrogen and oxygen atoms in total. The van der Waals surface area contributed by atoms with Gasteiger partial charge in [-0.05, 0) is 26.0 Å². The summed E-state index contributed by atoms with van der Waals surface area (Å²) >= 11 is 0. The highest BCUT2D eigenvalue weighted by Gasteiger charge is 2.09. The maximum atomic E-state index is 5.47. The maximum absolute atomic E-state index is 5.47. The fourth-order valence-corrected chi connectivity index (χ4v) is 1.75. The molecule has 0 unspecified atom stereocenters. The Balaban J connectivity index is 2.08. The lowest BCUT2D eigenvalue weighted by Gasteiger charge is -2.18. The van der Waals surface area contributed by atoms with Crippen molar-refractivity contribution >= 4 is 16.9 Å². The van der Waals surface area contributed by atoms with Crippen LogP contribution in [0.4, 0.5) is 5.82 Å². The number of pyridine rings is 1. The second kappa shape index (κ2) is 6.96. The van der Waals surface area contributed by atoms with E-state index in [1.165, 1.54) is 6.33 Å². The van der Waals surface area contributed by atoms with Gasteiger partial charge < -0.3 is 14.8 Å². The summed E-state index contributed by atoms with van der Waals surface area (Å²) in [4.78, 5) is 12.5. The van der Waals surface area contributed by atoms with E-state index in [-0.39, 0.29) is 6.29 Å². The van der Waals surface area contributed by atoms with Crippen molar-refractivity contribution in [2.75, 3.05) is 25.1 Å². The van der Waals surface area contributed by atoms with E-state index < -0.39 is 0 Å². The lowest BCUT2D eigenvalue weighted by atomic mass is 10.3. The fourth-order valence-electron chi connectivity index (χ4n) is 1.75. The molecule has 0 atom stereocenters. The average Bonchev–Trinajstić information content (AvgIpc) is 2.45. The molecule has 0 saturated carbocycles. The lowest BCUT2D eigenvalue weighted by Crippen LogP contribution is -2.26. The molecule has 6 heteroatoms. The number of hydrogen-bond donors (Lipinski definition) is 1. The first-order valence-corrected chi connectivity index (χ1v) is 6.38. The van der Waals surface area contributed by atoms with Gasteiger partial charge in [-0.15, -0.1) is 0 Å². The number of ether oxygens (including phenoxy) is 2. The van der Waals surface area contributed by atoms with Crippen molar-refractivity contribution in [1.82, 2.24) is 15.0 Å². The van der Waals surface area contributed by atoms with Gasteiger partial charge in [0.2, 0.25) is 0 Å². The van der Waals surface area contributed by atoms with E-state index in [9.17, 15) is 0 Å². The quantitative estimate of drug-likeness (QED) is 0.768. The Morgan fingerprint density at radius 1 is 1.16 bits per heavy atom. The van der Waals surface area contributed by atoms with Gasteiger partial charge in [-0.2, -0.15) is 0 Å². The first-order chi connectivity index (χ1) is 9.35. The predicted molar refractivity (Wildman–Crippen MR) is 72.9 cm³/mol. The molecular formula is C13H18N4O2. The summed E-state index contributed by atoms with van der Waals surface area (Å²) in [6.07, 6.45) is 2.92. The summed E-state index contributed by atoms with van der Waals surface area (Å²) in [7, 11) is 0. The van der Waals surface area contributed by atoms with Gasteiger partial charge in [-0.3, -0.25) is 0 Å². The smallest absolute Gasteiger partial charge is 0.174 e. The van der Waals surface area contributed by atoms with Gasteiger partial charge in [0, 0.05) is 19.4 Å². The Kier molecular flexibility index (Phi) is 5.00. The highest BCUT2D eigenvalue weighted by molar-refractivity contribution is 5.85. The van der Waals surface area contributed by atoms with Crippen molar-refractivity contribution < 1.29 is 9.47 Å². The average molecular weight is 262 g/mol. The van der Waals surface area contributed by atoms with Crippen molar-refractivity contribution in [2.45, 2.75) is 20.1 Å². The highest BCUT2D eigenvalue weighted by atomic mass is 16.7. The third kappa shape index (κ3) is 3.59. The summed E-state index contributed by atoms with van der Waals surface area (Å²) in [6.45, 7) is 5.63. The Morgan fingerprint density at radius 2 is 1.95 bits per heavy atom. The molecule has 0 fully saturated rings. The molecule has 1 N–H and O–H groups in total. The molecule has 2 heterocycles. The predicted octanol–water partition coefficient (Wildman–Crippen LogP) is 1.84. The van der Waals surface area contributed by atoms with Gasteiger partial charge in [0.15, 0.2) is 11.9 Å². The first-order valence-electron chi connectivity index (χ1n) is 6.38. The summed E-state index contributed by atoms with van der Waals surface area (Å²) in [6, 6.07) is 3.79. The molecule has 2 rings (SSSR count). The summed E-state index contributed by atoms with van der Waals surface area (Å²) < 4.78 is 10.9. The number of nitrogens with zero attached hydrogens (tertiary/aromatic N) is 3. The molecule has 0 amide bonds. The second-order valence-corrected chi connectivity index (χ2v) is 3.82. The monoisotopic (exact) mass is 262 g/mol. The molecule has 0 aliphatic rings. The molecule has 0 aliphatic heterocycles. The van der Waals surface area contributed by atoms with Crippen LogP contribution in [0, 0.1) is 0 Å². The van der Waals surface area contributed by atoms with Crippen molar-refractivity contribution in [1.29, 1.82) is 0 Å². The molecule has 0 spiro atoms. The number of fused-ring (bicyclic) bond motifs is 1. The number of rotatable bonds is 7. The van der Waals surface area contributed by atoms with Crippen molar-refractivity contribution in [3.63, 3.8) is 0 Å². The molecule has 0 bridgehead atoms. The zero-order chi connectivity index (χ0) is 13.5. The van der Waals surface area contributed by atoms with Crippen LogP contribution in [0.1, 0.15) is 13.8 Å². The van der Waals surface area contributed by atoms with Crippen molar-refractivity contribution in [3.8, 4) is 0 Å². The molecule has 2 aromatic heterocycles. The molecule has 0 aliphatic carbocycles. The minimum absolute atomic E-state index is 0.281. The lowest BCUT2D eigenvalue weighted by molar-refractivity contribution is -0.126. The summed E-state index contributed by atoms with van der Waals surface area (Å²) in [5.74, 6) is 0.738.